The van der Waals surface area contributed by atoms with Crippen LogP contribution >= 0.6 is 0 Å². The highest BCUT2D eigenvalue weighted by molar-refractivity contribution is 6.08. The number of likely N-dealkylation sites (N-methyl/N-ethyl adjacent to an activating group) is 1. The van der Waals surface area contributed by atoms with E-state index in [0.29, 0.717) is 0 Å². The average molecular weight is 226 g/mol. The summed E-state index contributed by atoms with van der Waals surface area (Å²) in [5, 5.41) is 8.56. The molecular weight excluding hydrogens is 215 g/mol. The Kier molecular flexibility index (Phi) is 3.57. The van der Waals surface area contributed by atoms with E-state index in [9.17, 15) is 14.0 Å². The van der Waals surface area contributed by atoms with Gasteiger partial charge in [-0.2, -0.15) is 0 Å². The van der Waals surface area contributed by atoms with E-state index < -0.39 is 23.7 Å². The molecule has 1 aromatic carbocycles. The Morgan fingerprint density at radius 1 is 1.50 bits per heavy atom. The minimum Gasteiger partial charge on any atom is -0.480 e. The molecule has 0 aromatic heterocycles. The first-order chi connectivity index (χ1) is 7.43. The summed E-state index contributed by atoms with van der Waals surface area (Å²) in [5.41, 5.74) is 5.40. The first-order valence-electron chi connectivity index (χ1n) is 4.45. The van der Waals surface area contributed by atoms with E-state index in [-0.39, 0.29) is 5.69 Å². The summed E-state index contributed by atoms with van der Waals surface area (Å²) in [7, 11) is 1.33. The first-order valence-corrected chi connectivity index (χ1v) is 4.45. The molecule has 3 N–H and O–H groups in total. The predicted octanol–water partition coefficient (Wildman–Crippen LogP) is 0.200. The van der Waals surface area contributed by atoms with Crippen molar-refractivity contribution >= 4 is 17.6 Å². The molecule has 0 heterocycles. The molecule has 1 atom stereocenters. The molecule has 0 radical (unpaired) electrons. The van der Waals surface area contributed by atoms with Gasteiger partial charge >= 0.3 is 5.97 Å². The number of benzene rings is 1. The number of nitrogens with two attached hydrogens (primary N) is 1. The monoisotopic (exact) mass is 226 g/mol. The average Bonchev–Trinajstić information content (AvgIpc) is 2.26. The van der Waals surface area contributed by atoms with Crippen LogP contribution < -0.4 is 10.6 Å². The van der Waals surface area contributed by atoms with Crippen LogP contribution in [0.4, 0.5) is 10.1 Å². The number of carboxylic acid groups (broad SMARTS) is 1. The maximum absolute atomic E-state index is 12.9. The van der Waals surface area contributed by atoms with Crippen molar-refractivity contribution in [1.29, 1.82) is 0 Å². The summed E-state index contributed by atoms with van der Waals surface area (Å²) in [6.45, 7) is 0. The highest BCUT2D eigenvalue weighted by Gasteiger charge is 2.25. The molecule has 86 valence electrons. The highest BCUT2D eigenvalue weighted by Crippen LogP contribution is 2.14. The van der Waals surface area contributed by atoms with Gasteiger partial charge in [-0.3, -0.25) is 4.79 Å². The number of nitrogens with zero attached hydrogens (tertiary/aromatic N) is 1. The third-order valence-corrected chi connectivity index (χ3v) is 2.06. The van der Waals surface area contributed by atoms with Crippen LogP contribution in [0.15, 0.2) is 24.3 Å². The van der Waals surface area contributed by atoms with Crippen molar-refractivity contribution in [3.05, 3.63) is 30.1 Å². The fraction of sp³-hybridized carbons (Fsp3) is 0.200. The lowest BCUT2D eigenvalue weighted by molar-refractivity contribution is -0.142. The van der Waals surface area contributed by atoms with Crippen molar-refractivity contribution in [3.63, 3.8) is 0 Å². The van der Waals surface area contributed by atoms with E-state index in [0.717, 1.165) is 11.0 Å². The molecule has 0 spiro atoms. The summed E-state index contributed by atoms with van der Waals surface area (Å²) in [5.74, 6) is -2.74. The lowest BCUT2D eigenvalue weighted by Gasteiger charge is -2.19. The zero-order valence-corrected chi connectivity index (χ0v) is 8.55. The van der Waals surface area contributed by atoms with Crippen LogP contribution in [-0.2, 0) is 9.59 Å². The van der Waals surface area contributed by atoms with Crippen LogP contribution in [0.3, 0.4) is 0 Å². The van der Waals surface area contributed by atoms with Crippen molar-refractivity contribution < 1.29 is 19.1 Å². The predicted molar refractivity (Wildman–Crippen MR) is 55.4 cm³/mol. The van der Waals surface area contributed by atoms with Gasteiger partial charge in [-0.15, -0.1) is 0 Å². The fourth-order valence-corrected chi connectivity index (χ4v) is 1.13. The number of carboxylic acids is 1. The van der Waals surface area contributed by atoms with Crippen molar-refractivity contribution in [2.75, 3.05) is 11.9 Å². The Morgan fingerprint density at radius 3 is 2.62 bits per heavy atom. The largest absolute Gasteiger partial charge is 0.480 e. The van der Waals surface area contributed by atoms with Gasteiger partial charge in [-0.1, -0.05) is 6.07 Å². The van der Waals surface area contributed by atoms with Gasteiger partial charge in [0, 0.05) is 12.7 Å². The fourth-order valence-electron chi connectivity index (χ4n) is 1.13. The summed E-state index contributed by atoms with van der Waals surface area (Å²) in [4.78, 5) is 23.0. The molecule has 0 aliphatic carbocycles. The molecule has 0 aliphatic rings. The van der Waals surface area contributed by atoms with Crippen LogP contribution in [0.2, 0.25) is 0 Å². The normalized spacial score (nSPS) is 11.9. The van der Waals surface area contributed by atoms with Gasteiger partial charge in [0.15, 0.2) is 6.04 Å². The molecule has 5 nitrogen and oxygen atoms in total. The van der Waals surface area contributed by atoms with Crippen molar-refractivity contribution in [2.24, 2.45) is 5.73 Å². The molecular formula is C10H11FN2O3. The van der Waals surface area contributed by atoms with Crippen LogP contribution in [-0.4, -0.2) is 30.1 Å². The molecule has 16 heavy (non-hydrogen) atoms. The minimum absolute atomic E-state index is 0.252. The number of carbonyl (C=O) groups is 2. The topological polar surface area (TPSA) is 83.6 Å². The van der Waals surface area contributed by atoms with Gasteiger partial charge in [0.05, 0.1) is 0 Å². The molecule has 0 fully saturated rings. The quantitative estimate of drug-likeness (QED) is 0.721. The van der Waals surface area contributed by atoms with Gasteiger partial charge in [-0.05, 0) is 18.2 Å². The smallest absolute Gasteiger partial charge is 0.330 e. The van der Waals surface area contributed by atoms with Crippen molar-refractivity contribution in [1.82, 2.24) is 0 Å². The number of halogens is 1. The first kappa shape index (κ1) is 12.1. The molecule has 6 heteroatoms. The molecule has 0 bridgehead atoms. The van der Waals surface area contributed by atoms with Gasteiger partial charge in [0.2, 0.25) is 0 Å². The van der Waals surface area contributed by atoms with E-state index in [1.54, 1.807) is 0 Å². The summed E-state index contributed by atoms with van der Waals surface area (Å²) in [6, 6.07) is 3.59. The number of carbonyl (C=O) groups excluding carboxylic acids is 1. The number of aliphatic carboxylic acids is 1. The molecule has 1 rings (SSSR count). The number of hydrogen-bond donors (Lipinski definition) is 2. The van der Waals surface area contributed by atoms with Crippen LogP contribution in [0.1, 0.15) is 0 Å². The van der Waals surface area contributed by atoms with E-state index in [4.69, 9.17) is 10.8 Å². The van der Waals surface area contributed by atoms with E-state index in [2.05, 4.69) is 0 Å². The summed E-state index contributed by atoms with van der Waals surface area (Å²) >= 11 is 0. The summed E-state index contributed by atoms with van der Waals surface area (Å²) in [6.07, 6.45) is 0. The Bertz CT molecular complexity index is 422. The number of hydrogen-bond acceptors (Lipinski definition) is 3. The van der Waals surface area contributed by atoms with E-state index in [1.807, 2.05) is 0 Å². The number of rotatable bonds is 3. The zero-order chi connectivity index (χ0) is 12.3. The number of amides is 1. The van der Waals surface area contributed by atoms with Crippen LogP contribution in [0, 0.1) is 5.82 Å². The molecule has 0 saturated heterocycles. The standard InChI is InChI=1S/C10H11FN2O3/c1-13(9(14)8(12)10(15)16)7-4-2-3-6(11)5-7/h2-5,8H,12H2,1H3,(H,15,16). The van der Waals surface area contributed by atoms with Gasteiger partial charge < -0.3 is 15.7 Å². The Labute approximate surface area is 91.3 Å². The zero-order valence-electron chi connectivity index (χ0n) is 8.55. The molecule has 0 aliphatic heterocycles. The SMILES string of the molecule is CN(C(=O)C(N)C(=O)O)c1cccc(F)c1. The third-order valence-electron chi connectivity index (χ3n) is 2.06. The molecule has 0 saturated carbocycles. The van der Waals surface area contributed by atoms with Crippen LogP contribution in [0.25, 0.3) is 0 Å². The minimum atomic E-state index is -1.65. The van der Waals surface area contributed by atoms with Crippen LogP contribution in [0.5, 0.6) is 0 Å². The second-order valence-electron chi connectivity index (χ2n) is 3.19. The maximum atomic E-state index is 12.9. The van der Waals surface area contributed by atoms with Crippen molar-refractivity contribution in [2.45, 2.75) is 6.04 Å². The molecule has 1 aromatic rings. The second-order valence-corrected chi connectivity index (χ2v) is 3.19. The Morgan fingerprint density at radius 2 is 2.12 bits per heavy atom. The lowest BCUT2D eigenvalue weighted by Crippen LogP contribution is -2.46. The molecule has 1 unspecified atom stereocenters. The highest BCUT2D eigenvalue weighted by atomic mass is 19.1. The van der Waals surface area contributed by atoms with Gasteiger partial charge in [0.25, 0.3) is 5.91 Å². The lowest BCUT2D eigenvalue weighted by atomic mass is 10.2. The molecule has 1 amide bonds. The Balaban J connectivity index is 2.90. The number of anilines is 1. The van der Waals surface area contributed by atoms with E-state index >= 15 is 0 Å². The second kappa shape index (κ2) is 4.71. The summed E-state index contributed by atoms with van der Waals surface area (Å²) < 4.78 is 12.9. The third kappa shape index (κ3) is 2.54. The van der Waals surface area contributed by atoms with E-state index in [1.165, 1.54) is 25.2 Å². The van der Waals surface area contributed by atoms with Crippen molar-refractivity contribution in [3.8, 4) is 0 Å². The van der Waals surface area contributed by atoms with Gasteiger partial charge in [-0.25, -0.2) is 9.18 Å². The maximum Gasteiger partial charge on any atom is 0.330 e. The van der Waals surface area contributed by atoms with Gasteiger partial charge in [0.1, 0.15) is 5.82 Å². The Hall–Kier alpha value is -1.95.